The number of hydrogen-bond acceptors (Lipinski definition) is 2. The zero-order chi connectivity index (χ0) is 31.3. The normalized spacial score (nSPS) is 16.8. The molecule has 0 spiro atoms. The van der Waals surface area contributed by atoms with Crippen LogP contribution in [0.4, 0.5) is 17.6 Å². The highest BCUT2D eigenvalue weighted by atomic mass is 19.2. The Labute approximate surface area is 261 Å². The lowest BCUT2D eigenvalue weighted by Gasteiger charge is -2.30. The maximum Gasteiger partial charge on any atom is 0.201 e. The molecule has 0 bridgehead atoms. The van der Waals surface area contributed by atoms with Gasteiger partial charge in [-0.15, -0.1) is 0 Å². The third kappa shape index (κ3) is 9.09. The van der Waals surface area contributed by atoms with Gasteiger partial charge in [-0.3, -0.25) is 0 Å². The molecule has 1 aliphatic rings. The lowest BCUT2D eigenvalue weighted by molar-refractivity contribution is -0.0218. The van der Waals surface area contributed by atoms with Crippen LogP contribution in [-0.4, -0.2) is 13.2 Å². The molecular weight excluding hydrogens is 564 g/mol. The summed E-state index contributed by atoms with van der Waals surface area (Å²) in [7, 11) is 0. The molecule has 1 saturated heterocycles. The molecule has 2 unspecified atom stereocenters. The minimum atomic E-state index is -1.02. The van der Waals surface area contributed by atoms with E-state index < -0.39 is 29.4 Å². The molecular formula is C38H48F4O2. The topological polar surface area (TPSA) is 18.5 Å². The molecule has 1 heterocycles. The summed E-state index contributed by atoms with van der Waals surface area (Å²) in [5.41, 5.74) is 1.32. The van der Waals surface area contributed by atoms with Crippen LogP contribution in [0, 0.1) is 29.2 Å². The third-order valence-corrected chi connectivity index (χ3v) is 8.85. The van der Waals surface area contributed by atoms with E-state index in [2.05, 4.69) is 13.8 Å². The summed E-state index contributed by atoms with van der Waals surface area (Å²) >= 11 is 0. The van der Waals surface area contributed by atoms with E-state index in [0.29, 0.717) is 36.7 Å². The Hall–Kier alpha value is -2.86. The molecule has 6 heteroatoms. The summed E-state index contributed by atoms with van der Waals surface area (Å²) in [4.78, 5) is 0. The second kappa shape index (κ2) is 17.6. The molecule has 1 aliphatic heterocycles. The van der Waals surface area contributed by atoms with Gasteiger partial charge in [0.1, 0.15) is 0 Å². The van der Waals surface area contributed by atoms with Crippen LogP contribution in [-0.2, 0) is 4.74 Å². The average Bonchev–Trinajstić information content (AvgIpc) is 3.04. The number of benzene rings is 3. The van der Waals surface area contributed by atoms with Crippen molar-refractivity contribution in [2.24, 2.45) is 5.92 Å². The minimum absolute atomic E-state index is 0.0803. The summed E-state index contributed by atoms with van der Waals surface area (Å²) in [6.45, 7) is 5.28. The molecule has 4 rings (SSSR count). The average molecular weight is 613 g/mol. The first kappa shape index (κ1) is 34.0. The summed E-state index contributed by atoms with van der Waals surface area (Å²) in [5, 5.41) is 0. The predicted molar refractivity (Wildman–Crippen MR) is 171 cm³/mol. The van der Waals surface area contributed by atoms with Crippen LogP contribution in [0.1, 0.15) is 115 Å². The van der Waals surface area contributed by atoms with Gasteiger partial charge in [0, 0.05) is 16.7 Å². The van der Waals surface area contributed by atoms with Gasteiger partial charge in [-0.2, -0.15) is 4.39 Å². The maximum absolute atomic E-state index is 15.3. The van der Waals surface area contributed by atoms with E-state index in [9.17, 15) is 8.78 Å². The number of unbranched alkanes of at least 4 members (excludes halogenated alkanes) is 9. The van der Waals surface area contributed by atoms with E-state index in [1.165, 1.54) is 63.5 Å². The lowest BCUT2D eigenvalue weighted by atomic mass is 9.90. The molecule has 44 heavy (non-hydrogen) atoms. The van der Waals surface area contributed by atoms with Gasteiger partial charge in [0.2, 0.25) is 5.82 Å². The fourth-order valence-corrected chi connectivity index (χ4v) is 6.11. The number of ether oxygens (including phenoxy) is 2. The highest BCUT2D eigenvalue weighted by Crippen LogP contribution is 2.37. The van der Waals surface area contributed by atoms with E-state index in [1.807, 2.05) is 0 Å². The van der Waals surface area contributed by atoms with Crippen molar-refractivity contribution < 1.29 is 27.0 Å². The van der Waals surface area contributed by atoms with Crippen molar-refractivity contribution in [3.63, 3.8) is 0 Å². The minimum Gasteiger partial charge on any atom is -0.490 e. The van der Waals surface area contributed by atoms with Crippen LogP contribution in [0.15, 0.2) is 48.5 Å². The molecule has 3 aromatic rings. The van der Waals surface area contributed by atoms with Gasteiger partial charge in [0.25, 0.3) is 0 Å². The van der Waals surface area contributed by atoms with Crippen molar-refractivity contribution in [2.45, 2.75) is 110 Å². The fourth-order valence-electron chi connectivity index (χ4n) is 6.11. The van der Waals surface area contributed by atoms with Crippen molar-refractivity contribution in [1.29, 1.82) is 0 Å². The molecule has 0 aliphatic carbocycles. The molecule has 0 saturated carbocycles. The number of halogens is 4. The second-order valence-electron chi connectivity index (χ2n) is 12.2. The van der Waals surface area contributed by atoms with E-state index in [1.54, 1.807) is 36.4 Å². The quantitative estimate of drug-likeness (QED) is 0.112. The molecule has 0 N–H and O–H groups in total. The van der Waals surface area contributed by atoms with Crippen molar-refractivity contribution >= 4 is 0 Å². The van der Waals surface area contributed by atoms with Crippen LogP contribution >= 0.6 is 0 Å². The zero-order valence-electron chi connectivity index (χ0n) is 26.4. The van der Waals surface area contributed by atoms with Gasteiger partial charge in [0.15, 0.2) is 23.2 Å². The van der Waals surface area contributed by atoms with Gasteiger partial charge in [-0.05, 0) is 54.9 Å². The zero-order valence-corrected chi connectivity index (χ0v) is 26.4. The van der Waals surface area contributed by atoms with Gasteiger partial charge >= 0.3 is 0 Å². The molecule has 0 aromatic heterocycles. The smallest absolute Gasteiger partial charge is 0.201 e. The first-order valence-corrected chi connectivity index (χ1v) is 16.8. The number of hydrogen-bond donors (Lipinski definition) is 0. The Balaban J connectivity index is 1.35. The van der Waals surface area contributed by atoms with Crippen molar-refractivity contribution in [2.75, 3.05) is 13.2 Å². The predicted octanol–water partition coefficient (Wildman–Crippen LogP) is 12.1. The van der Waals surface area contributed by atoms with Gasteiger partial charge in [-0.25, -0.2) is 13.2 Å². The summed E-state index contributed by atoms with van der Waals surface area (Å²) < 4.78 is 71.8. The molecule has 3 aromatic carbocycles. The van der Waals surface area contributed by atoms with E-state index in [0.717, 1.165) is 32.1 Å². The molecule has 0 amide bonds. The molecule has 0 radical (unpaired) electrons. The Morgan fingerprint density at radius 2 is 1.18 bits per heavy atom. The Morgan fingerprint density at radius 1 is 0.614 bits per heavy atom. The summed E-state index contributed by atoms with van der Waals surface area (Å²) in [5.74, 6) is -3.46. The van der Waals surface area contributed by atoms with Crippen LogP contribution in [0.5, 0.6) is 5.75 Å². The molecule has 2 nitrogen and oxygen atoms in total. The van der Waals surface area contributed by atoms with E-state index in [-0.39, 0.29) is 22.4 Å². The van der Waals surface area contributed by atoms with Crippen LogP contribution in [0.25, 0.3) is 22.3 Å². The highest BCUT2D eigenvalue weighted by Gasteiger charge is 2.27. The lowest BCUT2D eigenvalue weighted by Crippen LogP contribution is -2.21. The maximum atomic E-state index is 15.3. The monoisotopic (exact) mass is 612 g/mol. The fraction of sp³-hybridized carbons (Fsp3) is 0.526. The van der Waals surface area contributed by atoms with Crippen LogP contribution in [0.3, 0.4) is 0 Å². The Morgan fingerprint density at radius 3 is 1.80 bits per heavy atom. The molecule has 1 fully saturated rings. The third-order valence-electron chi connectivity index (χ3n) is 8.85. The Kier molecular flexibility index (Phi) is 13.6. The molecule has 2 atom stereocenters. The highest BCUT2D eigenvalue weighted by molar-refractivity contribution is 5.71. The van der Waals surface area contributed by atoms with Crippen molar-refractivity contribution in [1.82, 2.24) is 0 Å². The molecule has 240 valence electrons. The second-order valence-corrected chi connectivity index (χ2v) is 12.2. The van der Waals surface area contributed by atoms with Crippen LogP contribution < -0.4 is 4.74 Å². The van der Waals surface area contributed by atoms with Crippen molar-refractivity contribution in [3.8, 4) is 28.0 Å². The first-order valence-electron chi connectivity index (χ1n) is 16.8. The Bertz CT molecular complexity index is 1300. The largest absolute Gasteiger partial charge is 0.490 e. The van der Waals surface area contributed by atoms with E-state index in [4.69, 9.17) is 9.47 Å². The standard InChI is InChI=1S/C38H48F4O2/c1-3-5-7-9-11-13-25-43-34-24-22-31(36(40)38(34)42)29-18-16-28(17-19-29)30-20-21-32(37(41)35(30)39)33-23-15-27(26-44-33)14-12-10-8-6-4-2/h16-22,24,27,33H,3-15,23,25-26H2,1-2H3. The van der Waals surface area contributed by atoms with Gasteiger partial charge in [-0.1, -0.05) is 114 Å². The van der Waals surface area contributed by atoms with Gasteiger partial charge < -0.3 is 9.47 Å². The van der Waals surface area contributed by atoms with Crippen LogP contribution in [0.2, 0.25) is 0 Å². The number of rotatable bonds is 17. The summed E-state index contributed by atoms with van der Waals surface area (Å²) in [6, 6.07) is 12.5. The van der Waals surface area contributed by atoms with E-state index >= 15 is 8.78 Å². The first-order chi connectivity index (χ1) is 21.4. The summed E-state index contributed by atoms with van der Waals surface area (Å²) in [6.07, 6.45) is 14.9. The van der Waals surface area contributed by atoms with Crippen molar-refractivity contribution in [3.05, 3.63) is 77.4 Å². The SMILES string of the molecule is CCCCCCCCOc1ccc(-c2ccc(-c3ccc(C4CCC(CCCCCCC)CO4)c(F)c3F)cc2)c(F)c1F. The van der Waals surface area contributed by atoms with Gasteiger partial charge in [0.05, 0.1) is 19.3 Å².